The zero-order chi connectivity index (χ0) is 26.8. The number of rotatable bonds is 7. The molecule has 0 unspecified atom stereocenters. The largest absolute Gasteiger partial charge is 0.309 e. The summed E-state index contributed by atoms with van der Waals surface area (Å²) in [7, 11) is 0. The Labute approximate surface area is 236 Å². The summed E-state index contributed by atoms with van der Waals surface area (Å²) < 4.78 is 0. The van der Waals surface area contributed by atoms with Gasteiger partial charge in [0, 0.05) is 13.1 Å². The van der Waals surface area contributed by atoms with Gasteiger partial charge in [0.15, 0.2) is 0 Å². The summed E-state index contributed by atoms with van der Waals surface area (Å²) in [6, 6.07) is 57.3. The molecule has 0 atom stereocenters. The lowest BCUT2D eigenvalue weighted by Crippen LogP contribution is -2.28. The monoisotopic (exact) mass is 513 g/mol. The summed E-state index contributed by atoms with van der Waals surface area (Å²) in [5.74, 6) is 0. The maximum absolute atomic E-state index is 3.74. The first-order valence-electron chi connectivity index (χ1n) is 14.0. The van der Waals surface area contributed by atoms with Gasteiger partial charge in [-0.3, -0.25) is 0 Å². The molecule has 0 saturated heterocycles. The van der Waals surface area contributed by atoms with Crippen LogP contribution in [0, 0.1) is 0 Å². The van der Waals surface area contributed by atoms with Gasteiger partial charge >= 0.3 is 0 Å². The van der Waals surface area contributed by atoms with Crippen molar-refractivity contribution in [1.29, 1.82) is 0 Å². The Morgan fingerprint density at radius 2 is 0.975 bits per heavy atom. The van der Waals surface area contributed by atoms with E-state index in [1.807, 2.05) is 0 Å². The predicted octanol–water partition coefficient (Wildman–Crippen LogP) is 9.01. The van der Waals surface area contributed by atoms with Crippen LogP contribution in [-0.4, -0.2) is 0 Å². The van der Waals surface area contributed by atoms with Gasteiger partial charge in [-0.1, -0.05) is 158 Å². The number of benzene rings is 6. The van der Waals surface area contributed by atoms with Crippen LogP contribution in [0.25, 0.3) is 22.3 Å². The lowest BCUT2D eigenvalue weighted by atomic mass is 9.67. The van der Waals surface area contributed by atoms with E-state index in [4.69, 9.17) is 0 Å². The molecular weight excluding hydrogens is 482 g/mol. The van der Waals surface area contributed by atoms with E-state index in [1.165, 1.54) is 55.6 Å². The fraction of sp³-hybridized carbons (Fsp3) is 0.0769. The summed E-state index contributed by atoms with van der Waals surface area (Å²) in [6.45, 7) is 1.63. The van der Waals surface area contributed by atoms with Crippen molar-refractivity contribution < 1.29 is 0 Å². The molecule has 0 aliphatic heterocycles. The van der Waals surface area contributed by atoms with Crippen molar-refractivity contribution in [2.75, 3.05) is 0 Å². The molecule has 6 aromatic rings. The fourth-order valence-electron chi connectivity index (χ4n) is 6.50. The fourth-order valence-corrected chi connectivity index (χ4v) is 6.50. The Kier molecular flexibility index (Phi) is 6.36. The topological polar surface area (TPSA) is 12.0 Å². The summed E-state index contributed by atoms with van der Waals surface area (Å²) in [6.07, 6.45) is 0. The quantitative estimate of drug-likeness (QED) is 0.224. The number of nitrogens with one attached hydrogen (secondary N) is 1. The van der Waals surface area contributed by atoms with E-state index in [2.05, 4.69) is 163 Å². The van der Waals surface area contributed by atoms with Crippen LogP contribution < -0.4 is 5.32 Å². The van der Waals surface area contributed by atoms with Crippen molar-refractivity contribution in [3.05, 3.63) is 191 Å². The molecule has 1 heteroatoms. The summed E-state index contributed by atoms with van der Waals surface area (Å²) in [5.41, 5.74) is 12.8. The Balaban J connectivity index is 1.25. The Morgan fingerprint density at radius 3 is 1.65 bits per heavy atom. The second-order valence-electron chi connectivity index (χ2n) is 10.5. The molecule has 0 amide bonds. The SMILES string of the molecule is c1ccc(-c2ccc(CNCc3cccc4c3-c3ccccc3C4(c3ccccc3)c3ccccc3)cc2)cc1. The van der Waals surface area contributed by atoms with E-state index >= 15 is 0 Å². The molecule has 7 rings (SSSR count). The van der Waals surface area contributed by atoms with Crippen LogP contribution in [0.2, 0.25) is 0 Å². The molecule has 1 aliphatic rings. The molecule has 40 heavy (non-hydrogen) atoms. The highest BCUT2D eigenvalue weighted by Gasteiger charge is 2.46. The van der Waals surface area contributed by atoms with Crippen LogP contribution in [0.5, 0.6) is 0 Å². The van der Waals surface area contributed by atoms with Crippen molar-refractivity contribution in [1.82, 2.24) is 5.32 Å². The van der Waals surface area contributed by atoms with Gasteiger partial charge in [0.25, 0.3) is 0 Å². The van der Waals surface area contributed by atoms with Crippen molar-refractivity contribution in [2.24, 2.45) is 0 Å². The van der Waals surface area contributed by atoms with Gasteiger partial charge in [-0.2, -0.15) is 0 Å². The molecular formula is C39H31N. The first kappa shape index (κ1) is 24.3. The Bertz CT molecular complexity index is 1700. The lowest BCUT2D eigenvalue weighted by Gasteiger charge is -2.34. The molecule has 0 radical (unpaired) electrons. The molecule has 6 aromatic carbocycles. The minimum absolute atomic E-state index is 0.349. The first-order valence-corrected chi connectivity index (χ1v) is 14.0. The normalized spacial score (nSPS) is 13.0. The summed E-state index contributed by atoms with van der Waals surface area (Å²) in [4.78, 5) is 0. The minimum atomic E-state index is -0.349. The van der Waals surface area contributed by atoms with Gasteiger partial charge in [-0.05, 0) is 55.6 Å². The number of hydrogen-bond donors (Lipinski definition) is 1. The van der Waals surface area contributed by atoms with Gasteiger partial charge in [-0.15, -0.1) is 0 Å². The van der Waals surface area contributed by atoms with E-state index < -0.39 is 0 Å². The maximum atomic E-state index is 3.74. The molecule has 0 saturated carbocycles. The van der Waals surface area contributed by atoms with Gasteiger partial charge in [0.1, 0.15) is 0 Å². The molecule has 192 valence electrons. The molecule has 0 spiro atoms. The molecule has 0 heterocycles. The van der Waals surface area contributed by atoms with Crippen molar-refractivity contribution >= 4 is 0 Å². The third kappa shape index (κ3) is 4.07. The maximum Gasteiger partial charge on any atom is 0.0713 e. The highest BCUT2D eigenvalue weighted by atomic mass is 14.8. The van der Waals surface area contributed by atoms with Crippen LogP contribution in [0.3, 0.4) is 0 Å². The van der Waals surface area contributed by atoms with E-state index in [0.29, 0.717) is 0 Å². The third-order valence-corrected chi connectivity index (χ3v) is 8.27. The lowest BCUT2D eigenvalue weighted by molar-refractivity contribution is 0.693. The summed E-state index contributed by atoms with van der Waals surface area (Å²) in [5, 5.41) is 3.74. The Morgan fingerprint density at radius 1 is 0.425 bits per heavy atom. The standard InChI is InChI=1S/C39H31N/c1-4-13-30(14-5-1)31-25-23-29(24-26-31)27-40-28-32-15-12-22-37-38(32)35-20-10-11-21-36(35)39(37,33-16-6-2-7-17-33)34-18-8-3-9-19-34/h1-26,40H,27-28H2. The zero-order valence-electron chi connectivity index (χ0n) is 22.4. The highest BCUT2D eigenvalue weighted by molar-refractivity contribution is 5.88. The first-order chi connectivity index (χ1) is 19.9. The highest BCUT2D eigenvalue weighted by Crippen LogP contribution is 2.56. The minimum Gasteiger partial charge on any atom is -0.309 e. The van der Waals surface area contributed by atoms with Crippen molar-refractivity contribution in [3.8, 4) is 22.3 Å². The average Bonchev–Trinajstić information content (AvgIpc) is 3.35. The molecule has 1 nitrogen and oxygen atoms in total. The van der Waals surface area contributed by atoms with E-state index in [0.717, 1.165) is 13.1 Å². The molecule has 1 N–H and O–H groups in total. The average molecular weight is 514 g/mol. The molecule has 0 fully saturated rings. The van der Waals surface area contributed by atoms with Gasteiger partial charge in [0.2, 0.25) is 0 Å². The van der Waals surface area contributed by atoms with E-state index in [-0.39, 0.29) is 5.41 Å². The van der Waals surface area contributed by atoms with E-state index in [9.17, 15) is 0 Å². The second-order valence-corrected chi connectivity index (χ2v) is 10.5. The van der Waals surface area contributed by atoms with Crippen molar-refractivity contribution in [3.63, 3.8) is 0 Å². The van der Waals surface area contributed by atoms with Gasteiger partial charge < -0.3 is 5.32 Å². The third-order valence-electron chi connectivity index (χ3n) is 8.27. The van der Waals surface area contributed by atoms with Crippen LogP contribution in [0.15, 0.2) is 158 Å². The number of hydrogen-bond acceptors (Lipinski definition) is 1. The molecule has 0 aromatic heterocycles. The molecule has 1 aliphatic carbocycles. The Hall–Kier alpha value is -4.72. The zero-order valence-corrected chi connectivity index (χ0v) is 22.4. The molecule has 0 bridgehead atoms. The van der Waals surface area contributed by atoms with Crippen LogP contribution in [0.1, 0.15) is 33.4 Å². The van der Waals surface area contributed by atoms with Crippen LogP contribution >= 0.6 is 0 Å². The predicted molar refractivity (Wildman–Crippen MR) is 166 cm³/mol. The van der Waals surface area contributed by atoms with E-state index in [1.54, 1.807) is 0 Å². The smallest absolute Gasteiger partial charge is 0.0713 e. The van der Waals surface area contributed by atoms with Gasteiger partial charge in [0.05, 0.1) is 5.41 Å². The summed E-state index contributed by atoms with van der Waals surface area (Å²) >= 11 is 0. The second kappa shape index (κ2) is 10.4. The van der Waals surface area contributed by atoms with Gasteiger partial charge in [-0.25, -0.2) is 0 Å². The van der Waals surface area contributed by atoms with Crippen LogP contribution in [0.4, 0.5) is 0 Å². The van der Waals surface area contributed by atoms with Crippen molar-refractivity contribution in [2.45, 2.75) is 18.5 Å². The number of fused-ring (bicyclic) bond motifs is 3. The van der Waals surface area contributed by atoms with Crippen LogP contribution in [-0.2, 0) is 18.5 Å².